The van der Waals surface area contributed by atoms with Gasteiger partial charge in [-0.3, -0.25) is 14.7 Å². The number of rotatable bonds is 5. The van der Waals surface area contributed by atoms with Crippen LogP contribution in [0.5, 0.6) is 0 Å². The van der Waals surface area contributed by atoms with E-state index in [2.05, 4.69) is 25.7 Å². The Morgan fingerprint density at radius 2 is 1.92 bits per heavy atom. The predicted molar refractivity (Wildman–Crippen MR) is 108 cm³/mol. The molecule has 0 bridgehead atoms. The number of aliphatic imine (C=N–C) groups is 1. The molecule has 1 aromatic heterocycles. The molecule has 1 fully saturated rings. The Bertz CT molecular complexity index is 562. The zero-order chi connectivity index (χ0) is 17.5. The molecule has 1 amide bonds. The van der Waals surface area contributed by atoms with E-state index in [1.165, 1.54) is 0 Å². The van der Waals surface area contributed by atoms with Crippen LogP contribution in [0.25, 0.3) is 0 Å². The van der Waals surface area contributed by atoms with Gasteiger partial charge in [0.15, 0.2) is 5.96 Å². The van der Waals surface area contributed by atoms with Crippen LogP contribution in [0.1, 0.15) is 23.9 Å². The van der Waals surface area contributed by atoms with Crippen molar-refractivity contribution in [2.75, 3.05) is 46.3 Å². The van der Waals surface area contributed by atoms with Crippen LogP contribution in [0.15, 0.2) is 9.52 Å². The summed E-state index contributed by atoms with van der Waals surface area (Å²) in [7, 11) is 1.76. The molecular weight excluding hydrogens is 435 g/mol. The van der Waals surface area contributed by atoms with Crippen LogP contribution in [0.4, 0.5) is 0 Å². The third-order valence-corrected chi connectivity index (χ3v) is 4.38. The van der Waals surface area contributed by atoms with Gasteiger partial charge in [0.2, 0.25) is 5.91 Å². The number of nitrogens with zero attached hydrogens (tertiary/aromatic N) is 4. The third-order valence-electron chi connectivity index (χ3n) is 4.38. The topological polar surface area (TPSA) is 86.0 Å². The number of hydrogen-bond acceptors (Lipinski definition) is 5. The van der Waals surface area contributed by atoms with Crippen LogP contribution >= 0.6 is 24.0 Å². The van der Waals surface area contributed by atoms with Crippen molar-refractivity contribution in [1.82, 2.24) is 25.6 Å². The number of amides is 1. The fourth-order valence-corrected chi connectivity index (χ4v) is 2.77. The molecule has 0 radical (unpaired) electrons. The molecule has 1 aliphatic heterocycles. The van der Waals surface area contributed by atoms with E-state index in [0.29, 0.717) is 6.54 Å². The normalized spacial score (nSPS) is 15.7. The van der Waals surface area contributed by atoms with Crippen molar-refractivity contribution in [3.05, 3.63) is 17.0 Å². The fraction of sp³-hybridized carbons (Fsp3) is 0.688. The second kappa shape index (κ2) is 10.6. The van der Waals surface area contributed by atoms with Crippen molar-refractivity contribution in [3.8, 4) is 0 Å². The Balaban J connectivity index is 0.00000312. The van der Waals surface area contributed by atoms with Gasteiger partial charge in [0.25, 0.3) is 0 Å². The first-order valence-corrected chi connectivity index (χ1v) is 8.35. The van der Waals surface area contributed by atoms with E-state index in [-0.39, 0.29) is 29.9 Å². The van der Waals surface area contributed by atoms with Crippen LogP contribution in [-0.2, 0) is 11.3 Å². The lowest BCUT2D eigenvalue weighted by molar-refractivity contribution is -0.130. The minimum atomic E-state index is 0. The zero-order valence-electron chi connectivity index (χ0n) is 15.5. The Kier molecular flexibility index (Phi) is 9.19. The summed E-state index contributed by atoms with van der Waals surface area (Å²) in [6.45, 7) is 11.3. The number of guanidine groups is 1. The highest BCUT2D eigenvalue weighted by Crippen LogP contribution is 2.11. The largest absolute Gasteiger partial charge is 0.361 e. The third kappa shape index (κ3) is 6.46. The summed E-state index contributed by atoms with van der Waals surface area (Å²) in [4.78, 5) is 19.8. The smallest absolute Gasteiger partial charge is 0.219 e. The Hall–Kier alpha value is -1.36. The van der Waals surface area contributed by atoms with Crippen molar-refractivity contribution in [1.29, 1.82) is 0 Å². The van der Waals surface area contributed by atoms with Gasteiger partial charge < -0.3 is 20.1 Å². The van der Waals surface area contributed by atoms with Crippen molar-refractivity contribution < 1.29 is 9.32 Å². The molecule has 0 atom stereocenters. The van der Waals surface area contributed by atoms with E-state index >= 15 is 0 Å². The molecule has 0 aromatic carbocycles. The molecular formula is C16H29IN6O2. The van der Waals surface area contributed by atoms with Crippen molar-refractivity contribution >= 4 is 35.8 Å². The van der Waals surface area contributed by atoms with Crippen LogP contribution in [-0.4, -0.2) is 73.1 Å². The average Bonchev–Trinajstić information content (AvgIpc) is 2.89. The van der Waals surface area contributed by atoms with E-state index in [9.17, 15) is 4.79 Å². The van der Waals surface area contributed by atoms with Crippen LogP contribution < -0.4 is 10.6 Å². The van der Waals surface area contributed by atoms with Gasteiger partial charge in [-0.15, -0.1) is 24.0 Å². The standard InChI is InChI=1S/C16H28N6O2.HI/c1-12-15(13(2)24-20-12)11-19-16(17-4)18-5-6-21-7-9-22(10-8-21)14(3)23;/h5-11H2,1-4H3,(H2,17,18,19);1H. The number of nitrogens with one attached hydrogen (secondary N) is 2. The molecule has 0 saturated carbocycles. The maximum atomic E-state index is 11.3. The zero-order valence-corrected chi connectivity index (χ0v) is 17.8. The summed E-state index contributed by atoms with van der Waals surface area (Å²) in [5, 5.41) is 10.6. The first kappa shape index (κ1) is 21.7. The lowest BCUT2D eigenvalue weighted by Gasteiger charge is -2.34. The molecule has 9 heteroatoms. The summed E-state index contributed by atoms with van der Waals surface area (Å²) in [5.74, 6) is 1.76. The lowest BCUT2D eigenvalue weighted by Crippen LogP contribution is -2.50. The van der Waals surface area contributed by atoms with Crippen molar-refractivity contribution in [2.45, 2.75) is 27.3 Å². The summed E-state index contributed by atoms with van der Waals surface area (Å²) < 4.78 is 5.16. The van der Waals surface area contributed by atoms with Crippen LogP contribution in [0.3, 0.4) is 0 Å². The molecule has 8 nitrogen and oxygen atoms in total. The molecule has 2 N–H and O–H groups in total. The fourth-order valence-electron chi connectivity index (χ4n) is 2.77. The van der Waals surface area contributed by atoms with Gasteiger partial charge in [0.05, 0.1) is 5.69 Å². The molecule has 2 heterocycles. The number of hydrogen-bond donors (Lipinski definition) is 2. The summed E-state index contributed by atoms with van der Waals surface area (Å²) >= 11 is 0. The average molecular weight is 464 g/mol. The number of carbonyl (C=O) groups excluding carboxylic acids is 1. The first-order chi connectivity index (χ1) is 11.5. The van der Waals surface area contributed by atoms with E-state index < -0.39 is 0 Å². The lowest BCUT2D eigenvalue weighted by atomic mass is 10.2. The maximum Gasteiger partial charge on any atom is 0.219 e. The van der Waals surface area contributed by atoms with Crippen molar-refractivity contribution in [3.63, 3.8) is 0 Å². The van der Waals surface area contributed by atoms with E-state index in [4.69, 9.17) is 4.52 Å². The molecule has 0 unspecified atom stereocenters. The monoisotopic (exact) mass is 464 g/mol. The molecule has 0 spiro atoms. The van der Waals surface area contributed by atoms with Crippen LogP contribution in [0.2, 0.25) is 0 Å². The van der Waals surface area contributed by atoms with E-state index in [0.717, 1.165) is 62.2 Å². The van der Waals surface area contributed by atoms with Gasteiger partial charge in [-0.05, 0) is 13.8 Å². The minimum absolute atomic E-state index is 0. The highest BCUT2D eigenvalue weighted by atomic mass is 127. The van der Waals surface area contributed by atoms with E-state index in [1.54, 1.807) is 14.0 Å². The molecule has 25 heavy (non-hydrogen) atoms. The van der Waals surface area contributed by atoms with Gasteiger partial charge in [0.1, 0.15) is 5.76 Å². The highest BCUT2D eigenvalue weighted by Gasteiger charge is 2.18. The molecule has 142 valence electrons. The maximum absolute atomic E-state index is 11.3. The molecule has 1 saturated heterocycles. The quantitative estimate of drug-likeness (QED) is 0.380. The first-order valence-electron chi connectivity index (χ1n) is 8.35. The SMILES string of the molecule is CN=C(NCCN1CCN(C(C)=O)CC1)NCc1c(C)noc1C.I. The van der Waals surface area contributed by atoms with Gasteiger partial charge in [0, 0.05) is 65.3 Å². The molecule has 0 aliphatic carbocycles. The Morgan fingerprint density at radius 1 is 1.24 bits per heavy atom. The number of carbonyl (C=O) groups is 1. The van der Waals surface area contributed by atoms with E-state index in [1.807, 2.05) is 18.7 Å². The number of halogens is 1. The second-order valence-electron chi connectivity index (χ2n) is 6.00. The molecule has 2 rings (SSSR count). The molecule has 1 aliphatic rings. The number of aryl methyl sites for hydroxylation is 2. The number of aromatic nitrogens is 1. The van der Waals surface area contributed by atoms with Gasteiger partial charge in [-0.25, -0.2) is 0 Å². The second-order valence-corrected chi connectivity index (χ2v) is 6.00. The van der Waals surface area contributed by atoms with Gasteiger partial charge in [-0.2, -0.15) is 0 Å². The van der Waals surface area contributed by atoms with Crippen LogP contribution in [0, 0.1) is 13.8 Å². The molecule has 1 aromatic rings. The summed E-state index contributed by atoms with van der Waals surface area (Å²) in [6, 6.07) is 0. The number of piperazine rings is 1. The van der Waals surface area contributed by atoms with Gasteiger partial charge >= 0.3 is 0 Å². The Morgan fingerprint density at radius 3 is 2.44 bits per heavy atom. The Labute approximate surface area is 166 Å². The predicted octanol–water partition coefficient (Wildman–Crippen LogP) is 0.739. The summed E-state index contributed by atoms with van der Waals surface area (Å²) in [5.41, 5.74) is 1.97. The summed E-state index contributed by atoms with van der Waals surface area (Å²) in [6.07, 6.45) is 0. The van der Waals surface area contributed by atoms with Gasteiger partial charge in [-0.1, -0.05) is 5.16 Å². The minimum Gasteiger partial charge on any atom is -0.361 e. The highest BCUT2D eigenvalue weighted by molar-refractivity contribution is 14.0. The van der Waals surface area contributed by atoms with Crippen molar-refractivity contribution in [2.24, 2.45) is 4.99 Å².